The number of hydrogen-bond acceptors (Lipinski definition) is 4. The van der Waals surface area contributed by atoms with Gasteiger partial charge in [-0.05, 0) is 63.6 Å². The molecule has 1 saturated carbocycles. The van der Waals surface area contributed by atoms with E-state index >= 15 is 0 Å². The summed E-state index contributed by atoms with van der Waals surface area (Å²) in [5.41, 5.74) is 2.52. The van der Waals surface area contributed by atoms with E-state index in [1.54, 1.807) is 31.2 Å². The first kappa shape index (κ1) is 19.9. The first-order valence-corrected chi connectivity index (χ1v) is 10.2. The first-order valence-electron chi connectivity index (χ1n) is 10.2. The Hall–Kier alpha value is -3.35. The maximum absolute atomic E-state index is 12.6. The van der Waals surface area contributed by atoms with Gasteiger partial charge in [0.1, 0.15) is 17.6 Å². The van der Waals surface area contributed by atoms with Crippen LogP contribution in [0.4, 0.5) is 5.69 Å². The molecule has 0 spiro atoms. The molecule has 3 atom stereocenters. The zero-order valence-corrected chi connectivity index (χ0v) is 17.3. The summed E-state index contributed by atoms with van der Waals surface area (Å²) in [7, 11) is 0. The molecule has 0 saturated heterocycles. The summed E-state index contributed by atoms with van der Waals surface area (Å²) in [5.74, 6) is 1.10. The van der Waals surface area contributed by atoms with Crippen LogP contribution in [0.15, 0.2) is 48.5 Å². The Morgan fingerprint density at radius 1 is 1.10 bits per heavy atom. The van der Waals surface area contributed by atoms with E-state index in [0.717, 1.165) is 29.0 Å². The third-order valence-corrected chi connectivity index (χ3v) is 5.13. The lowest BCUT2D eigenvalue weighted by Gasteiger charge is -2.15. The van der Waals surface area contributed by atoms with Gasteiger partial charge in [0, 0.05) is 17.5 Å². The average molecular weight is 406 g/mol. The predicted octanol–water partition coefficient (Wildman–Crippen LogP) is 3.60. The molecular formula is C23H26N4O3. The molecule has 1 fully saturated rings. The molecule has 1 heterocycles. The summed E-state index contributed by atoms with van der Waals surface area (Å²) in [6.45, 7) is 5.60. The molecule has 30 heavy (non-hydrogen) atoms. The molecule has 3 aromatic rings. The Labute approximate surface area is 175 Å². The second-order valence-electron chi connectivity index (χ2n) is 8.00. The van der Waals surface area contributed by atoms with Crippen LogP contribution >= 0.6 is 0 Å². The summed E-state index contributed by atoms with van der Waals surface area (Å²) in [5, 5.41) is 5.64. The highest BCUT2D eigenvalue weighted by Crippen LogP contribution is 2.46. The fraction of sp³-hybridized carbons (Fsp3) is 0.348. The maximum Gasteiger partial charge on any atom is 0.246 e. The van der Waals surface area contributed by atoms with Crippen molar-refractivity contribution in [3.05, 3.63) is 54.4 Å². The second kappa shape index (κ2) is 8.18. The Kier molecular flexibility index (Phi) is 5.44. The highest BCUT2D eigenvalue weighted by molar-refractivity contribution is 5.97. The minimum absolute atomic E-state index is 0.0705. The second-order valence-corrected chi connectivity index (χ2v) is 8.00. The number of nitrogens with one attached hydrogen (secondary N) is 3. The number of aromatic nitrogens is 2. The number of amides is 2. The molecule has 0 unspecified atom stereocenters. The van der Waals surface area contributed by atoms with Crippen molar-refractivity contribution >= 4 is 28.5 Å². The van der Waals surface area contributed by atoms with Crippen molar-refractivity contribution in [3.8, 4) is 5.75 Å². The quantitative estimate of drug-likeness (QED) is 0.559. The van der Waals surface area contributed by atoms with Crippen LogP contribution in [0.5, 0.6) is 5.75 Å². The van der Waals surface area contributed by atoms with Crippen LogP contribution in [0.1, 0.15) is 38.9 Å². The number of aromatic amines is 1. The molecule has 2 aromatic carbocycles. The monoisotopic (exact) mass is 406 g/mol. The van der Waals surface area contributed by atoms with Gasteiger partial charge < -0.3 is 20.4 Å². The molecule has 7 nitrogen and oxygen atoms in total. The third kappa shape index (κ3) is 4.45. The highest BCUT2D eigenvalue weighted by atomic mass is 16.5. The van der Waals surface area contributed by atoms with Crippen molar-refractivity contribution in [3.63, 3.8) is 0 Å². The van der Waals surface area contributed by atoms with Gasteiger partial charge in [-0.15, -0.1) is 0 Å². The number of rotatable bonds is 7. The van der Waals surface area contributed by atoms with Crippen LogP contribution in [-0.4, -0.2) is 33.9 Å². The molecule has 0 radical (unpaired) electrons. The molecular weight excluding hydrogens is 380 g/mol. The van der Waals surface area contributed by atoms with Gasteiger partial charge >= 0.3 is 0 Å². The maximum atomic E-state index is 12.6. The number of benzene rings is 2. The molecule has 1 aliphatic carbocycles. The highest BCUT2D eigenvalue weighted by Gasteiger charge is 2.46. The van der Waals surface area contributed by atoms with Gasteiger partial charge in [0.2, 0.25) is 11.8 Å². The molecule has 0 bridgehead atoms. The Bertz CT molecular complexity index is 1020. The van der Waals surface area contributed by atoms with Gasteiger partial charge in [0.25, 0.3) is 0 Å². The smallest absolute Gasteiger partial charge is 0.246 e. The number of imidazole rings is 1. The first-order chi connectivity index (χ1) is 14.4. The van der Waals surface area contributed by atoms with Gasteiger partial charge in [-0.2, -0.15) is 0 Å². The zero-order chi connectivity index (χ0) is 21.3. The number of fused-ring (bicyclic) bond motifs is 1. The minimum atomic E-state index is -0.638. The summed E-state index contributed by atoms with van der Waals surface area (Å²) < 4.78 is 5.60. The van der Waals surface area contributed by atoms with Gasteiger partial charge in [0.15, 0.2) is 0 Å². The number of carbonyl (C=O) groups excluding carboxylic acids is 2. The van der Waals surface area contributed by atoms with Crippen molar-refractivity contribution in [1.82, 2.24) is 15.3 Å². The summed E-state index contributed by atoms with van der Waals surface area (Å²) in [6.07, 6.45) is 0.823. The lowest BCUT2D eigenvalue weighted by molar-refractivity contribution is -0.127. The molecule has 156 valence electrons. The molecule has 2 amide bonds. The average Bonchev–Trinajstić information content (AvgIpc) is 3.40. The molecule has 1 aromatic heterocycles. The van der Waals surface area contributed by atoms with E-state index in [4.69, 9.17) is 4.74 Å². The fourth-order valence-corrected chi connectivity index (χ4v) is 3.46. The molecule has 1 aliphatic rings. The van der Waals surface area contributed by atoms with Gasteiger partial charge in [-0.3, -0.25) is 9.59 Å². The van der Waals surface area contributed by atoms with Crippen LogP contribution in [0.3, 0.4) is 0 Å². The van der Waals surface area contributed by atoms with Crippen molar-refractivity contribution < 1.29 is 14.3 Å². The summed E-state index contributed by atoms with van der Waals surface area (Å²) >= 11 is 0. The number of para-hydroxylation sites is 2. The topological polar surface area (TPSA) is 96.1 Å². The van der Waals surface area contributed by atoms with Crippen LogP contribution in [0, 0.1) is 5.92 Å². The minimum Gasteiger partial charge on any atom is -0.491 e. The molecule has 4 rings (SSSR count). The lowest BCUT2D eigenvalue weighted by Crippen LogP contribution is -2.42. The SMILES string of the molecule is CC(C)Oc1ccc(NC(=O)[C@@H](C)NC(=O)[C@H]2C[C@@H]2c2nc3ccccc3[nH]2)cc1. The third-order valence-electron chi connectivity index (χ3n) is 5.13. The van der Waals surface area contributed by atoms with Crippen LogP contribution in [-0.2, 0) is 9.59 Å². The van der Waals surface area contributed by atoms with Crippen molar-refractivity contribution in [2.24, 2.45) is 5.92 Å². The largest absolute Gasteiger partial charge is 0.491 e. The molecule has 0 aliphatic heterocycles. The summed E-state index contributed by atoms with van der Waals surface area (Å²) in [4.78, 5) is 32.9. The number of anilines is 1. The van der Waals surface area contributed by atoms with Crippen molar-refractivity contribution in [2.75, 3.05) is 5.32 Å². The number of carbonyl (C=O) groups is 2. The fourth-order valence-electron chi connectivity index (χ4n) is 3.46. The van der Waals surface area contributed by atoms with Gasteiger partial charge in [0.05, 0.1) is 17.1 Å². The lowest BCUT2D eigenvalue weighted by atomic mass is 10.2. The number of ether oxygens (including phenoxy) is 1. The Morgan fingerprint density at radius 2 is 1.83 bits per heavy atom. The summed E-state index contributed by atoms with van der Waals surface area (Å²) in [6, 6.07) is 14.3. The van der Waals surface area contributed by atoms with E-state index in [2.05, 4.69) is 20.6 Å². The molecule has 7 heteroatoms. The van der Waals surface area contributed by atoms with Crippen LogP contribution in [0.25, 0.3) is 11.0 Å². The van der Waals surface area contributed by atoms with E-state index in [-0.39, 0.29) is 29.8 Å². The number of nitrogens with zero attached hydrogens (tertiary/aromatic N) is 1. The standard InChI is InChI=1S/C23H26N4O3/c1-13(2)30-16-10-8-15(9-11-16)25-22(28)14(3)24-23(29)18-12-17(18)21-26-19-6-4-5-7-20(19)27-21/h4-11,13-14,17-18H,12H2,1-3H3,(H,24,29)(H,25,28)(H,26,27)/t14-,17+,18+/m1/s1. The Morgan fingerprint density at radius 3 is 2.53 bits per heavy atom. The number of hydrogen-bond donors (Lipinski definition) is 3. The van der Waals surface area contributed by atoms with E-state index in [0.29, 0.717) is 5.69 Å². The van der Waals surface area contributed by atoms with E-state index < -0.39 is 6.04 Å². The predicted molar refractivity (Wildman–Crippen MR) is 115 cm³/mol. The van der Waals surface area contributed by atoms with Crippen molar-refractivity contribution in [2.45, 2.75) is 45.3 Å². The van der Waals surface area contributed by atoms with Crippen molar-refractivity contribution in [1.29, 1.82) is 0 Å². The van der Waals surface area contributed by atoms with Gasteiger partial charge in [-0.1, -0.05) is 12.1 Å². The van der Waals surface area contributed by atoms with E-state index in [1.807, 2.05) is 38.1 Å². The number of H-pyrrole nitrogens is 1. The zero-order valence-electron chi connectivity index (χ0n) is 17.3. The van der Waals surface area contributed by atoms with Crippen LogP contribution in [0.2, 0.25) is 0 Å². The van der Waals surface area contributed by atoms with E-state index in [1.165, 1.54) is 0 Å². The van der Waals surface area contributed by atoms with E-state index in [9.17, 15) is 9.59 Å². The molecule has 3 N–H and O–H groups in total. The normalized spacial score (nSPS) is 18.8. The van der Waals surface area contributed by atoms with Gasteiger partial charge in [-0.25, -0.2) is 4.98 Å². The Balaban J connectivity index is 1.29. The van der Waals surface area contributed by atoms with Crippen LogP contribution < -0.4 is 15.4 Å².